The summed E-state index contributed by atoms with van der Waals surface area (Å²) < 4.78 is 0. The quantitative estimate of drug-likeness (QED) is 0.344. The standard InChI is InChI=1S/C27H20N8/c28-15-16-11-20(18-9-5-2-6-10-18)25-22(12-16)30-24(32-25)14-19(17-7-3-1-4-8-17)21-13-23(29)31-27-26(21)33-35-34-27/h1-13,19H,14H2,(H,30,32)(H3,29,31,33,34,35)/t19-/m1/s1. The first-order valence-electron chi connectivity index (χ1n) is 11.2. The van der Waals surface area contributed by atoms with Gasteiger partial charge in [-0.15, -0.1) is 5.10 Å². The Hall–Kier alpha value is -5.03. The first kappa shape index (κ1) is 20.6. The lowest BCUT2D eigenvalue weighted by atomic mass is 9.88. The number of nitrogens with zero attached hydrogens (tertiary/aromatic N) is 5. The van der Waals surface area contributed by atoms with E-state index in [1.807, 2.05) is 66.7 Å². The van der Waals surface area contributed by atoms with Crippen molar-refractivity contribution < 1.29 is 0 Å². The molecule has 168 valence electrons. The van der Waals surface area contributed by atoms with Gasteiger partial charge in [-0.2, -0.15) is 15.6 Å². The average Bonchev–Trinajstić information content (AvgIpc) is 3.53. The third-order valence-corrected chi connectivity index (χ3v) is 6.17. The SMILES string of the molecule is N#Cc1cc(-c2ccccc2)c2nc(C[C@H](c3ccccc3)c3cc(N)nc4n[nH]nc34)[nH]c2c1. The summed E-state index contributed by atoms with van der Waals surface area (Å²) in [7, 11) is 0. The van der Waals surface area contributed by atoms with Crippen molar-refractivity contribution in [3.63, 3.8) is 0 Å². The number of fused-ring (bicyclic) bond motifs is 2. The number of anilines is 1. The third-order valence-electron chi connectivity index (χ3n) is 6.17. The number of rotatable bonds is 5. The molecule has 0 aliphatic heterocycles. The van der Waals surface area contributed by atoms with Gasteiger partial charge in [0.05, 0.1) is 22.7 Å². The highest BCUT2D eigenvalue weighted by Crippen LogP contribution is 2.34. The van der Waals surface area contributed by atoms with Gasteiger partial charge in [-0.25, -0.2) is 9.97 Å². The van der Waals surface area contributed by atoms with Crippen LogP contribution in [-0.2, 0) is 6.42 Å². The predicted octanol–water partition coefficient (Wildman–Crippen LogP) is 4.72. The number of benzene rings is 3. The number of hydrogen-bond donors (Lipinski definition) is 3. The summed E-state index contributed by atoms with van der Waals surface area (Å²) in [5.74, 6) is 1.09. The molecule has 0 spiro atoms. The van der Waals surface area contributed by atoms with E-state index in [-0.39, 0.29) is 5.92 Å². The first-order valence-corrected chi connectivity index (χ1v) is 11.2. The Morgan fingerprint density at radius 2 is 1.66 bits per heavy atom. The van der Waals surface area contributed by atoms with Crippen LogP contribution in [0.3, 0.4) is 0 Å². The fourth-order valence-electron chi connectivity index (χ4n) is 4.60. The second-order valence-electron chi connectivity index (χ2n) is 8.38. The zero-order chi connectivity index (χ0) is 23.8. The molecule has 3 heterocycles. The number of pyridine rings is 1. The number of nitriles is 1. The highest BCUT2D eigenvalue weighted by atomic mass is 15.3. The van der Waals surface area contributed by atoms with E-state index in [9.17, 15) is 5.26 Å². The van der Waals surface area contributed by atoms with E-state index >= 15 is 0 Å². The molecule has 0 aliphatic carbocycles. The van der Waals surface area contributed by atoms with Crippen LogP contribution in [0.25, 0.3) is 33.3 Å². The van der Waals surface area contributed by atoms with Crippen LogP contribution in [0.2, 0.25) is 0 Å². The maximum absolute atomic E-state index is 9.61. The van der Waals surface area contributed by atoms with Crippen LogP contribution < -0.4 is 5.73 Å². The maximum Gasteiger partial charge on any atom is 0.203 e. The second kappa shape index (κ2) is 8.39. The van der Waals surface area contributed by atoms with E-state index < -0.39 is 0 Å². The van der Waals surface area contributed by atoms with E-state index in [2.05, 4.69) is 43.6 Å². The Bertz CT molecular complexity index is 1690. The van der Waals surface area contributed by atoms with Gasteiger partial charge in [-0.1, -0.05) is 60.7 Å². The zero-order valence-corrected chi connectivity index (χ0v) is 18.6. The number of nitrogens with one attached hydrogen (secondary N) is 2. The van der Waals surface area contributed by atoms with Crippen LogP contribution in [-0.4, -0.2) is 30.4 Å². The van der Waals surface area contributed by atoms with E-state index in [0.717, 1.165) is 39.1 Å². The van der Waals surface area contributed by atoms with Gasteiger partial charge < -0.3 is 10.7 Å². The molecule has 0 unspecified atom stereocenters. The van der Waals surface area contributed by atoms with E-state index in [4.69, 9.17) is 10.7 Å². The topological polar surface area (TPSA) is 133 Å². The maximum atomic E-state index is 9.61. The highest BCUT2D eigenvalue weighted by Gasteiger charge is 2.23. The Kier molecular flexibility index (Phi) is 4.93. The number of aromatic amines is 2. The molecule has 8 nitrogen and oxygen atoms in total. The van der Waals surface area contributed by atoms with Gasteiger partial charge in [0.15, 0.2) is 0 Å². The van der Waals surface area contributed by atoms with E-state index in [1.165, 1.54) is 0 Å². The minimum absolute atomic E-state index is 0.0923. The van der Waals surface area contributed by atoms with Crippen LogP contribution in [0.5, 0.6) is 0 Å². The lowest BCUT2D eigenvalue weighted by molar-refractivity contribution is 0.771. The summed E-state index contributed by atoms with van der Waals surface area (Å²) in [6.07, 6.45) is 0.570. The van der Waals surface area contributed by atoms with Crippen LogP contribution >= 0.6 is 0 Å². The Labute approximate surface area is 200 Å². The van der Waals surface area contributed by atoms with Crippen molar-refractivity contribution in [1.29, 1.82) is 5.26 Å². The Morgan fingerprint density at radius 1 is 0.886 bits per heavy atom. The van der Waals surface area contributed by atoms with Gasteiger partial charge in [0.25, 0.3) is 0 Å². The van der Waals surface area contributed by atoms with Crippen molar-refractivity contribution in [2.75, 3.05) is 5.73 Å². The van der Waals surface area contributed by atoms with Crippen molar-refractivity contribution in [3.05, 3.63) is 101 Å². The molecule has 0 saturated heterocycles. The van der Waals surface area contributed by atoms with Crippen molar-refractivity contribution in [2.24, 2.45) is 0 Å². The largest absolute Gasteiger partial charge is 0.384 e. The van der Waals surface area contributed by atoms with Gasteiger partial charge in [-0.05, 0) is 34.9 Å². The molecule has 0 saturated carbocycles. The lowest BCUT2D eigenvalue weighted by Crippen LogP contribution is -2.08. The average molecular weight is 457 g/mol. The molecule has 6 aromatic rings. The van der Waals surface area contributed by atoms with E-state index in [1.54, 1.807) is 0 Å². The minimum Gasteiger partial charge on any atom is -0.384 e. The monoisotopic (exact) mass is 456 g/mol. The molecule has 0 bridgehead atoms. The Balaban J connectivity index is 1.51. The normalized spacial score (nSPS) is 12.1. The van der Waals surface area contributed by atoms with Crippen molar-refractivity contribution in [1.82, 2.24) is 30.4 Å². The molecule has 0 amide bonds. The van der Waals surface area contributed by atoms with Gasteiger partial charge in [-0.3, -0.25) is 0 Å². The molecular formula is C27H20N8. The molecule has 35 heavy (non-hydrogen) atoms. The number of nitrogens with two attached hydrogens (primary N) is 1. The molecule has 0 fully saturated rings. The number of H-pyrrole nitrogens is 2. The number of aromatic nitrogens is 6. The molecule has 1 atom stereocenters. The van der Waals surface area contributed by atoms with Crippen molar-refractivity contribution in [3.8, 4) is 17.2 Å². The lowest BCUT2D eigenvalue weighted by Gasteiger charge is -2.17. The predicted molar refractivity (Wildman–Crippen MR) is 134 cm³/mol. The van der Waals surface area contributed by atoms with Crippen molar-refractivity contribution in [2.45, 2.75) is 12.3 Å². The molecule has 0 aliphatic rings. The van der Waals surface area contributed by atoms with Crippen LogP contribution in [0, 0.1) is 11.3 Å². The van der Waals surface area contributed by atoms with Crippen molar-refractivity contribution >= 4 is 28.0 Å². The molecule has 0 radical (unpaired) electrons. The third kappa shape index (κ3) is 3.75. The Morgan fingerprint density at radius 3 is 2.43 bits per heavy atom. The molecule has 3 aromatic heterocycles. The summed E-state index contributed by atoms with van der Waals surface area (Å²) in [6.45, 7) is 0. The van der Waals surface area contributed by atoms with Gasteiger partial charge in [0, 0.05) is 17.9 Å². The van der Waals surface area contributed by atoms with Gasteiger partial charge in [0.2, 0.25) is 5.65 Å². The molecule has 8 heteroatoms. The fraction of sp³-hybridized carbons (Fsp3) is 0.0741. The molecular weight excluding hydrogens is 436 g/mol. The number of hydrogen-bond acceptors (Lipinski definition) is 6. The summed E-state index contributed by atoms with van der Waals surface area (Å²) in [5, 5.41) is 20.8. The zero-order valence-electron chi connectivity index (χ0n) is 18.6. The van der Waals surface area contributed by atoms with E-state index in [0.29, 0.717) is 29.0 Å². The smallest absolute Gasteiger partial charge is 0.203 e. The molecule has 4 N–H and O–H groups in total. The summed E-state index contributed by atoms with van der Waals surface area (Å²) in [6, 6.07) is 28.0. The second-order valence-corrected chi connectivity index (χ2v) is 8.38. The van der Waals surface area contributed by atoms with Crippen LogP contribution in [0.4, 0.5) is 5.82 Å². The summed E-state index contributed by atoms with van der Waals surface area (Å²) in [4.78, 5) is 12.7. The number of nitrogen functional groups attached to an aromatic ring is 1. The van der Waals surface area contributed by atoms with Crippen LogP contribution in [0.1, 0.15) is 28.4 Å². The highest BCUT2D eigenvalue weighted by molar-refractivity contribution is 5.93. The summed E-state index contributed by atoms with van der Waals surface area (Å²) in [5.41, 5.74) is 13.5. The summed E-state index contributed by atoms with van der Waals surface area (Å²) >= 11 is 0. The number of imidazole rings is 1. The fourth-order valence-corrected chi connectivity index (χ4v) is 4.60. The van der Waals surface area contributed by atoms with Gasteiger partial charge in [0.1, 0.15) is 17.2 Å². The molecule has 3 aromatic carbocycles. The van der Waals surface area contributed by atoms with Gasteiger partial charge >= 0.3 is 0 Å². The minimum atomic E-state index is -0.0923. The van der Waals surface area contributed by atoms with Crippen LogP contribution in [0.15, 0.2) is 78.9 Å². The first-order chi connectivity index (χ1) is 17.2. The molecule has 6 rings (SSSR count).